The molecule has 26 nitrogen and oxygen atoms in total. The number of aromatic nitrogens is 1. The lowest BCUT2D eigenvalue weighted by Gasteiger charge is -2.28. The van der Waals surface area contributed by atoms with Gasteiger partial charge in [-0.15, -0.1) is 0 Å². The van der Waals surface area contributed by atoms with Crippen LogP contribution in [0.2, 0.25) is 0 Å². The van der Waals surface area contributed by atoms with Crippen molar-refractivity contribution in [3.05, 3.63) is 83.9 Å². The zero-order valence-electron chi connectivity index (χ0n) is 42.9. The number of para-hydroxylation sites is 1. The third kappa shape index (κ3) is 21.2. The molecule has 21 N–H and O–H groups in total. The van der Waals surface area contributed by atoms with Gasteiger partial charge in [-0.25, -0.2) is 4.39 Å². The summed E-state index contributed by atoms with van der Waals surface area (Å²) >= 11 is 0. The van der Waals surface area contributed by atoms with Crippen molar-refractivity contribution in [2.45, 2.75) is 126 Å². The van der Waals surface area contributed by atoms with Gasteiger partial charge in [0.1, 0.15) is 42.1 Å². The van der Waals surface area contributed by atoms with Crippen molar-refractivity contribution < 1.29 is 47.5 Å². The average molecular weight is 1070 g/mol. The quantitative estimate of drug-likeness (QED) is 0.0334. The minimum absolute atomic E-state index is 0.0148. The molecular formula is C50H72FN17O9. The second-order valence-corrected chi connectivity index (χ2v) is 18.6. The minimum Gasteiger partial charge on any atom is -0.401 e. The van der Waals surface area contributed by atoms with Gasteiger partial charge in [-0.3, -0.25) is 54.0 Å². The average Bonchev–Trinajstić information content (AvgIpc) is 3.79. The van der Waals surface area contributed by atoms with Crippen molar-refractivity contribution in [2.75, 3.05) is 19.6 Å². The van der Waals surface area contributed by atoms with Crippen LogP contribution in [0.1, 0.15) is 82.3 Å². The van der Waals surface area contributed by atoms with E-state index in [1.807, 2.05) is 24.3 Å². The maximum absolute atomic E-state index is 14.6. The second-order valence-electron chi connectivity index (χ2n) is 18.6. The fourth-order valence-electron chi connectivity index (χ4n) is 8.34. The summed E-state index contributed by atoms with van der Waals surface area (Å²) in [6.45, 7) is 5.31. The highest BCUT2D eigenvalue weighted by atomic mass is 19.1. The number of hydrogen-bond acceptors (Lipinski definition) is 12. The third-order valence-electron chi connectivity index (χ3n) is 12.4. The predicted octanol–water partition coefficient (Wildman–Crippen LogP) is -2.54. The van der Waals surface area contributed by atoms with Crippen LogP contribution in [0.15, 0.2) is 67.0 Å². The number of aromatic amines is 1. The van der Waals surface area contributed by atoms with E-state index >= 15 is 0 Å². The number of fused-ring (bicyclic) bond motifs is 1. The van der Waals surface area contributed by atoms with E-state index in [9.17, 15) is 47.5 Å². The number of rotatable bonds is 19. The molecule has 2 aromatic carbocycles. The van der Waals surface area contributed by atoms with E-state index in [-0.39, 0.29) is 101 Å². The molecule has 0 saturated carbocycles. The molecule has 1 saturated heterocycles. The second kappa shape index (κ2) is 30.6. The summed E-state index contributed by atoms with van der Waals surface area (Å²) in [6.07, 6.45) is 0.389. The summed E-state index contributed by atoms with van der Waals surface area (Å²) in [6, 6.07) is 2.69. The molecule has 27 heteroatoms. The van der Waals surface area contributed by atoms with Crippen LogP contribution in [-0.4, -0.2) is 132 Å². The monoisotopic (exact) mass is 1070 g/mol. The van der Waals surface area contributed by atoms with E-state index < -0.39 is 114 Å². The van der Waals surface area contributed by atoms with E-state index in [1.165, 1.54) is 19.1 Å². The van der Waals surface area contributed by atoms with Gasteiger partial charge in [0, 0.05) is 75.0 Å². The number of carbonyl (C=O) groups excluding carboxylic acids is 9. The first-order valence-electron chi connectivity index (χ1n) is 25.1. The van der Waals surface area contributed by atoms with Gasteiger partial charge in [0.05, 0.1) is 6.04 Å². The first kappa shape index (κ1) is 60.8. The minimum atomic E-state index is -1.64. The summed E-state index contributed by atoms with van der Waals surface area (Å²) in [5, 5.41) is 42.3. The largest absolute Gasteiger partial charge is 0.401 e. The summed E-state index contributed by atoms with van der Waals surface area (Å²) in [7, 11) is 0. The van der Waals surface area contributed by atoms with Crippen LogP contribution in [0.25, 0.3) is 10.9 Å². The summed E-state index contributed by atoms with van der Waals surface area (Å²) in [5.74, 6) is -8.64. The van der Waals surface area contributed by atoms with Gasteiger partial charge in [0.2, 0.25) is 53.2 Å². The Morgan fingerprint density at radius 2 is 1.32 bits per heavy atom. The highest BCUT2D eigenvalue weighted by molar-refractivity contribution is 5.98. The number of benzene rings is 2. The zero-order chi connectivity index (χ0) is 56.6. The lowest BCUT2D eigenvalue weighted by molar-refractivity contribution is -0.136. The van der Waals surface area contributed by atoms with Crippen molar-refractivity contribution in [2.24, 2.45) is 22.9 Å². The van der Waals surface area contributed by atoms with Gasteiger partial charge in [-0.1, -0.05) is 36.9 Å². The van der Waals surface area contributed by atoms with E-state index in [0.717, 1.165) is 23.0 Å². The molecule has 1 unspecified atom stereocenters. The fraction of sp³-hybridized carbons (Fsp3) is 0.460. The van der Waals surface area contributed by atoms with Crippen molar-refractivity contribution >= 4 is 76.0 Å². The summed E-state index contributed by atoms with van der Waals surface area (Å²) in [5.41, 5.74) is 24.4. The maximum atomic E-state index is 14.6. The Bertz CT molecular complexity index is 2610. The molecule has 2 heterocycles. The molecule has 0 aliphatic carbocycles. The fourth-order valence-corrected chi connectivity index (χ4v) is 8.34. The SMILES string of the molecule is C=C(N)C1CCCNC(=O)CC[C@H](NC(=O)[C@H](CCCNC(=N)N)NC(C)=O)C(=O)N[C@@H](CCC(N)=O)C(=O)N[C@H](Cc2ccc(F)cc2)C(=O)N[C@@H](CCCNC(=N)N)C(=O)N[C@@H](Cc2c[nH]c3ccccc23)C(=O)N1. The lowest BCUT2D eigenvalue weighted by atomic mass is 10.0. The number of H-pyrrole nitrogens is 1. The van der Waals surface area contributed by atoms with Crippen LogP contribution >= 0.6 is 0 Å². The van der Waals surface area contributed by atoms with Crippen LogP contribution in [0.5, 0.6) is 0 Å². The smallest absolute Gasteiger partial charge is 0.243 e. The summed E-state index contributed by atoms with van der Waals surface area (Å²) in [4.78, 5) is 127. The van der Waals surface area contributed by atoms with E-state index in [2.05, 4.69) is 64.7 Å². The first-order valence-corrected chi connectivity index (χ1v) is 25.1. The Morgan fingerprint density at radius 1 is 0.740 bits per heavy atom. The molecule has 3 aromatic rings. The number of carbonyl (C=O) groups is 9. The van der Waals surface area contributed by atoms with Gasteiger partial charge >= 0.3 is 0 Å². The highest BCUT2D eigenvalue weighted by Gasteiger charge is 2.35. The molecule has 0 radical (unpaired) electrons. The highest BCUT2D eigenvalue weighted by Crippen LogP contribution is 2.20. The van der Waals surface area contributed by atoms with Gasteiger partial charge in [-0.2, -0.15) is 0 Å². The van der Waals surface area contributed by atoms with Gasteiger partial charge in [-0.05, 0) is 80.7 Å². The van der Waals surface area contributed by atoms with Crippen molar-refractivity contribution in [1.82, 2.24) is 58.2 Å². The van der Waals surface area contributed by atoms with Crippen molar-refractivity contribution in [3.8, 4) is 0 Å². The molecule has 418 valence electrons. The lowest BCUT2D eigenvalue weighted by Crippen LogP contribution is -2.60. The van der Waals surface area contributed by atoms with Gasteiger partial charge in [0.15, 0.2) is 11.9 Å². The van der Waals surface area contributed by atoms with Crippen LogP contribution in [0, 0.1) is 16.6 Å². The third-order valence-corrected chi connectivity index (χ3v) is 12.4. The topological polar surface area (TPSA) is 441 Å². The molecule has 1 aromatic heterocycles. The maximum Gasteiger partial charge on any atom is 0.243 e. The van der Waals surface area contributed by atoms with Crippen molar-refractivity contribution in [3.63, 3.8) is 0 Å². The Labute approximate surface area is 444 Å². The standard InChI is InChI=1S/C50H72FN17O9/c1-27(52)33-10-5-21-58-42(71)20-18-38(66-43(72)35(62-28(2)69)11-6-22-59-49(54)55)45(74)65-37(17-19-41(53)70)46(75)67-39(24-29-13-15-31(51)16-14-29)47(76)64-36(12-7-23-60-50(56)57)44(73)68-40(48(77)63-33)25-30-26-61-34-9-4-3-8-32(30)34/h3-4,8-9,13-16,26,33,35-40,61H,1,5-7,10-12,17-25,52H2,2H3,(H2,53,70)(H,58,71)(H,62,69)(H,63,77)(H,64,76)(H,65,74)(H,66,72)(H,67,75)(H,68,73)(H4,54,55,59)(H4,56,57,60)/t33?,35-,36-,37-,38-,39+,40-/m0/s1. The van der Waals surface area contributed by atoms with Crippen LogP contribution in [0.3, 0.4) is 0 Å². The van der Waals surface area contributed by atoms with E-state index in [1.54, 1.807) is 6.20 Å². The van der Waals surface area contributed by atoms with Crippen LogP contribution < -0.4 is 76.1 Å². The predicted molar refractivity (Wildman–Crippen MR) is 283 cm³/mol. The molecule has 7 atom stereocenters. The Balaban J connectivity index is 1.79. The molecule has 0 bridgehead atoms. The van der Waals surface area contributed by atoms with E-state index in [0.29, 0.717) is 11.1 Å². The Kier molecular flexibility index (Phi) is 24.1. The molecule has 4 rings (SSSR count). The Hall–Kier alpha value is -8.78. The van der Waals surface area contributed by atoms with E-state index in [4.69, 9.17) is 33.8 Å². The normalized spacial score (nSPS) is 20.8. The zero-order valence-corrected chi connectivity index (χ0v) is 42.9. The molecule has 9 amide bonds. The molecule has 77 heavy (non-hydrogen) atoms. The molecular weight excluding hydrogens is 1000 g/mol. The molecule has 1 aliphatic rings. The number of guanidine groups is 2. The molecule has 0 spiro atoms. The number of amides is 9. The summed E-state index contributed by atoms with van der Waals surface area (Å²) < 4.78 is 14.2. The molecule has 1 aliphatic heterocycles. The van der Waals surface area contributed by atoms with Crippen LogP contribution in [-0.2, 0) is 56.0 Å². The number of nitrogens with two attached hydrogens (primary N) is 4. The van der Waals surface area contributed by atoms with Crippen molar-refractivity contribution in [1.29, 1.82) is 10.8 Å². The van der Waals surface area contributed by atoms with Gasteiger partial charge in [0.25, 0.3) is 0 Å². The first-order chi connectivity index (χ1) is 36.6. The number of halogens is 1. The number of hydrogen-bond donors (Lipinski definition) is 17. The molecule has 1 fully saturated rings. The Morgan fingerprint density at radius 3 is 1.96 bits per heavy atom. The number of primary amides is 1. The number of nitrogens with one attached hydrogen (secondary N) is 13. The van der Waals surface area contributed by atoms with Gasteiger partial charge < -0.3 is 81.1 Å². The van der Waals surface area contributed by atoms with Crippen LogP contribution in [0.4, 0.5) is 4.39 Å².